The first-order chi connectivity index (χ1) is 7.99. The van der Waals surface area contributed by atoms with Crippen molar-refractivity contribution in [3.05, 3.63) is 32.5 Å². The Morgan fingerprint density at radius 1 is 1.59 bits per heavy atom. The Bertz CT molecular complexity index is 446. The lowest BCUT2D eigenvalue weighted by Crippen LogP contribution is -2.22. The molecule has 1 saturated heterocycles. The number of hydrogen-bond acceptors (Lipinski definition) is 4. The average Bonchev–Trinajstić information content (AvgIpc) is 2.63. The molecule has 0 radical (unpaired) electrons. The summed E-state index contributed by atoms with van der Waals surface area (Å²) >= 11 is 3.13. The van der Waals surface area contributed by atoms with Crippen molar-refractivity contribution in [1.29, 1.82) is 0 Å². The second kappa shape index (κ2) is 4.58. The summed E-state index contributed by atoms with van der Waals surface area (Å²) in [5.41, 5.74) is -0.0231. The Kier molecular flexibility index (Phi) is 3.30. The van der Waals surface area contributed by atoms with E-state index in [-0.39, 0.29) is 11.4 Å². The fourth-order valence-corrected chi connectivity index (χ4v) is 2.58. The highest BCUT2D eigenvalue weighted by molar-refractivity contribution is 9.10. The number of non-ortho nitro benzene ring substituents is 1. The molecule has 0 aromatic heterocycles. The van der Waals surface area contributed by atoms with Gasteiger partial charge in [-0.15, -0.1) is 0 Å². The quantitative estimate of drug-likeness (QED) is 0.671. The van der Waals surface area contributed by atoms with Gasteiger partial charge in [-0.2, -0.15) is 0 Å². The maximum Gasteiger partial charge on any atom is 0.273 e. The number of aliphatic hydroxyl groups is 1. The maximum absolute atomic E-state index is 13.8. The molecule has 1 aromatic rings. The van der Waals surface area contributed by atoms with Crippen molar-refractivity contribution in [2.75, 3.05) is 18.0 Å². The van der Waals surface area contributed by atoms with Crippen LogP contribution in [-0.4, -0.2) is 29.2 Å². The lowest BCUT2D eigenvalue weighted by molar-refractivity contribution is -0.385. The fourth-order valence-electron chi connectivity index (χ4n) is 1.90. The predicted octanol–water partition coefficient (Wildman–Crippen LogP) is 2.07. The van der Waals surface area contributed by atoms with E-state index in [0.717, 1.165) is 6.07 Å². The van der Waals surface area contributed by atoms with E-state index in [0.29, 0.717) is 24.0 Å². The Hall–Kier alpha value is -1.21. The minimum absolute atomic E-state index is 0.271. The number of hydrogen-bond donors (Lipinski definition) is 1. The fraction of sp³-hybridized carbons (Fsp3) is 0.400. The molecule has 7 heteroatoms. The topological polar surface area (TPSA) is 66.6 Å². The van der Waals surface area contributed by atoms with Gasteiger partial charge in [-0.05, 0) is 22.4 Å². The molecule has 5 nitrogen and oxygen atoms in total. The smallest absolute Gasteiger partial charge is 0.273 e. The molecular weight excluding hydrogens is 295 g/mol. The van der Waals surface area contributed by atoms with Crippen LogP contribution >= 0.6 is 15.9 Å². The van der Waals surface area contributed by atoms with Crippen molar-refractivity contribution < 1.29 is 14.4 Å². The normalized spacial score (nSPS) is 19.7. The molecule has 0 bridgehead atoms. The molecule has 1 N–H and O–H groups in total. The number of aliphatic hydroxyl groups excluding tert-OH is 1. The molecule has 0 unspecified atom stereocenters. The van der Waals surface area contributed by atoms with Crippen LogP contribution in [0.4, 0.5) is 15.8 Å². The first kappa shape index (κ1) is 12.3. The first-order valence-corrected chi connectivity index (χ1v) is 5.85. The van der Waals surface area contributed by atoms with Crippen molar-refractivity contribution in [2.45, 2.75) is 12.5 Å². The van der Waals surface area contributed by atoms with E-state index in [2.05, 4.69) is 15.9 Å². The van der Waals surface area contributed by atoms with E-state index in [1.807, 2.05) is 0 Å². The zero-order valence-electron chi connectivity index (χ0n) is 8.77. The number of benzene rings is 1. The summed E-state index contributed by atoms with van der Waals surface area (Å²) in [5.74, 6) is -0.653. The van der Waals surface area contributed by atoms with E-state index in [1.165, 1.54) is 6.07 Å². The van der Waals surface area contributed by atoms with Gasteiger partial charge in [-0.25, -0.2) is 4.39 Å². The number of nitrogens with zero attached hydrogens (tertiary/aromatic N) is 2. The number of nitro benzene ring substituents is 1. The average molecular weight is 305 g/mol. The summed E-state index contributed by atoms with van der Waals surface area (Å²) in [6.45, 7) is 0.877. The van der Waals surface area contributed by atoms with Gasteiger partial charge in [0.25, 0.3) is 5.69 Å². The molecule has 1 fully saturated rings. The molecule has 92 valence electrons. The molecule has 1 heterocycles. The molecule has 1 aromatic carbocycles. The van der Waals surface area contributed by atoms with Crippen molar-refractivity contribution in [1.82, 2.24) is 0 Å². The third-order valence-electron chi connectivity index (χ3n) is 2.69. The minimum Gasteiger partial charge on any atom is -0.391 e. The monoisotopic (exact) mass is 304 g/mol. The number of β-amino-alcohol motifs (C(OH)–C–C–N with tert-alkyl or cyclic N) is 1. The Morgan fingerprint density at radius 2 is 2.29 bits per heavy atom. The van der Waals surface area contributed by atoms with Crippen molar-refractivity contribution in [3.8, 4) is 0 Å². The van der Waals surface area contributed by atoms with Crippen LogP contribution in [0.1, 0.15) is 6.42 Å². The first-order valence-electron chi connectivity index (χ1n) is 5.05. The van der Waals surface area contributed by atoms with E-state index in [9.17, 15) is 19.6 Å². The predicted molar refractivity (Wildman–Crippen MR) is 63.6 cm³/mol. The van der Waals surface area contributed by atoms with Crippen LogP contribution in [0.2, 0.25) is 0 Å². The van der Waals surface area contributed by atoms with Crippen LogP contribution in [0.15, 0.2) is 16.6 Å². The summed E-state index contributed by atoms with van der Waals surface area (Å²) in [4.78, 5) is 11.6. The third kappa shape index (κ3) is 2.39. The minimum atomic E-state index is -0.653. The number of halogens is 2. The molecule has 1 atom stereocenters. The molecule has 0 saturated carbocycles. The van der Waals surface area contributed by atoms with Gasteiger partial charge in [0.05, 0.1) is 27.3 Å². The highest BCUT2D eigenvalue weighted by Crippen LogP contribution is 2.35. The zero-order chi connectivity index (χ0) is 12.6. The lowest BCUT2D eigenvalue weighted by Gasteiger charge is -2.19. The van der Waals surface area contributed by atoms with Gasteiger partial charge in [0.1, 0.15) is 0 Å². The molecule has 17 heavy (non-hydrogen) atoms. The highest BCUT2D eigenvalue weighted by Gasteiger charge is 2.26. The van der Waals surface area contributed by atoms with Gasteiger partial charge >= 0.3 is 0 Å². The summed E-state index contributed by atoms with van der Waals surface area (Å²) in [7, 11) is 0. The van der Waals surface area contributed by atoms with Gasteiger partial charge in [0, 0.05) is 19.2 Å². The number of anilines is 1. The van der Waals surface area contributed by atoms with Crippen LogP contribution in [0.5, 0.6) is 0 Å². The highest BCUT2D eigenvalue weighted by atomic mass is 79.9. The summed E-state index contributed by atoms with van der Waals surface area (Å²) in [6, 6.07) is 2.16. The van der Waals surface area contributed by atoms with Gasteiger partial charge < -0.3 is 10.0 Å². The van der Waals surface area contributed by atoms with Crippen molar-refractivity contribution in [2.24, 2.45) is 0 Å². The van der Waals surface area contributed by atoms with Gasteiger partial charge in [0.2, 0.25) is 0 Å². The SMILES string of the molecule is O=[N+]([O-])c1cc(F)c(N2CC[C@H](O)C2)c(Br)c1. The maximum atomic E-state index is 13.8. The standard InChI is InChI=1S/C10H10BrFN2O3/c11-8-3-6(14(16)17)4-9(12)10(8)13-2-1-7(15)5-13/h3-4,7,15H,1-2,5H2/t7-/m0/s1. The van der Waals surface area contributed by atoms with E-state index >= 15 is 0 Å². The Morgan fingerprint density at radius 3 is 2.76 bits per heavy atom. The second-order valence-corrected chi connectivity index (χ2v) is 4.76. The van der Waals surface area contributed by atoms with Crippen molar-refractivity contribution >= 4 is 27.3 Å². The van der Waals surface area contributed by atoms with Crippen LogP contribution < -0.4 is 4.90 Å². The molecule has 0 amide bonds. The molecule has 1 aliphatic heterocycles. The molecule has 2 rings (SSSR count). The third-order valence-corrected chi connectivity index (χ3v) is 3.30. The van der Waals surface area contributed by atoms with Gasteiger partial charge in [-0.3, -0.25) is 10.1 Å². The van der Waals surface area contributed by atoms with Gasteiger partial charge in [0.15, 0.2) is 5.82 Å². The summed E-state index contributed by atoms with van der Waals surface area (Å²) < 4.78 is 14.1. The summed E-state index contributed by atoms with van der Waals surface area (Å²) in [5, 5.41) is 20.0. The number of rotatable bonds is 2. The van der Waals surface area contributed by atoms with E-state index in [4.69, 9.17) is 0 Å². The largest absolute Gasteiger partial charge is 0.391 e. The van der Waals surface area contributed by atoms with Gasteiger partial charge in [-0.1, -0.05) is 0 Å². The van der Waals surface area contributed by atoms with Crippen molar-refractivity contribution in [3.63, 3.8) is 0 Å². The second-order valence-electron chi connectivity index (χ2n) is 3.90. The van der Waals surface area contributed by atoms with E-state index < -0.39 is 16.8 Å². The molecule has 1 aliphatic rings. The lowest BCUT2D eigenvalue weighted by atomic mass is 10.2. The van der Waals surface area contributed by atoms with Crippen LogP contribution in [0, 0.1) is 15.9 Å². The molecular formula is C10H10BrFN2O3. The van der Waals surface area contributed by atoms with Crippen LogP contribution in [0.25, 0.3) is 0 Å². The molecule has 0 aliphatic carbocycles. The summed E-state index contributed by atoms with van der Waals surface area (Å²) in [6.07, 6.45) is 0.0968. The zero-order valence-corrected chi connectivity index (χ0v) is 10.4. The molecule has 0 spiro atoms. The van der Waals surface area contributed by atoms with Crippen LogP contribution in [0.3, 0.4) is 0 Å². The Balaban J connectivity index is 2.38. The van der Waals surface area contributed by atoms with E-state index in [1.54, 1.807) is 4.90 Å². The number of nitro groups is 1. The van der Waals surface area contributed by atoms with Crippen LogP contribution in [-0.2, 0) is 0 Å². The Labute approximate surface area is 105 Å².